The molecule has 1 saturated heterocycles. The maximum absolute atomic E-state index is 12.2. The van der Waals surface area contributed by atoms with Crippen molar-refractivity contribution < 1.29 is 14.0 Å². The van der Waals surface area contributed by atoms with E-state index in [2.05, 4.69) is 10.3 Å². The first-order valence-corrected chi connectivity index (χ1v) is 8.00. The Balaban J connectivity index is 1.53. The molecular formula is C15H17N3O3S. The molecule has 0 spiro atoms. The molecule has 0 bridgehead atoms. The number of anilines is 1. The van der Waals surface area contributed by atoms with Crippen LogP contribution in [0, 0.1) is 12.8 Å². The third kappa shape index (κ3) is 3.19. The fraction of sp³-hybridized carbons (Fsp3) is 0.400. The van der Waals surface area contributed by atoms with Crippen molar-refractivity contribution in [1.82, 2.24) is 9.88 Å². The van der Waals surface area contributed by atoms with Gasteiger partial charge in [-0.3, -0.25) is 9.59 Å². The van der Waals surface area contributed by atoms with Crippen LogP contribution in [-0.4, -0.2) is 34.8 Å². The number of piperidine rings is 1. The molecule has 1 fully saturated rings. The fourth-order valence-corrected chi connectivity index (χ4v) is 3.20. The van der Waals surface area contributed by atoms with Crippen molar-refractivity contribution >= 4 is 28.3 Å². The predicted molar refractivity (Wildman–Crippen MR) is 82.8 cm³/mol. The van der Waals surface area contributed by atoms with Crippen LogP contribution in [-0.2, 0) is 4.79 Å². The van der Waals surface area contributed by atoms with E-state index in [-0.39, 0.29) is 17.7 Å². The lowest BCUT2D eigenvalue weighted by Gasteiger charge is -2.30. The molecule has 0 atom stereocenters. The molecule has 6 nitrogen and oxygen atoms in total. The van der Waals surface area contributed by atoms with Gasteiger partial charge in [0.1, 0.15) is 6.26 Å². The Morgan fingerprint density at radius 2 is 2.18 bits per heavy atom. The molecule has 0 aliphatic carbocycles. The first kappa shape index (κ1) is 14.8. The molecule has 2 aromatic heterocycles. The summed E-state index contributed by atoms with van der Waals surface area (Å²) in [4.78, 5) is 31.4. The van der Waals surface area contributed by atoms with Crippen molar-refractivity contribution in [3.8, 4) is 0 Å². The van der Waals surface area contributed by atoms with Crippen molar-refractivity contribution in [2.24, 2.45) is 5.92 Å². The fourth-order valence-electron chi connectivity index (χ4n) is 2.53. The average molecular weight is 319 g/mol. The van der Waals surface area contributed by atoms with Crippen LogP contribution in [0.25, 0.3) is 0 Å². The Morgan fingerprint density at radius 1 is 1.41 bits per heavy atom. The van der Waals surface area contributed by atoms with Gasteiger partial charge in [-0.25, -0.2) is 4.98 Å². The van der Waals surface area contributed by atoms with Gasteiger partial charge in [0.25, 0.3) is 5.91 Å². The molecule has 1 N–H and O–H groups in total. The normalized spacial score (nSPS) is 15.8. The summed E-state index contributed by atoms with van der Waals surface area (Å²) in [5.74, 6) is -0.120. The van der Waals surface area contributed by atoms with E-state index in [4.69, 9.17) is 4.42 Å². The van der Waals surface area contributed by atoms with Gasteiger partial charge in [-0.05, 0) is 25.8 Å². The molecule has 0 saturated carbocycles. The molecular weight excluding hydrogens is 302 g/mol. The highest BCUT2D eigenvalue weighted by Crippen LogP contribution is 2.23. The number of hydrogen-bond donors (Lipinski definition) is 1. The largest absolute Gasteiger partial charge is 0.472 e. The minimum atomic E-state index is -0.0717. The third-order valence-corrected chi connectivity index (χ3v) is 4.60. The highest BCUT2D eigenvalue weighted by Gasteiger charge is 2.28. The number of furan rings is 1. The van der Waals surface area contributed by atoms with Gasteiger partial charge in [0.2, 0.25) is 5.91 Å². The minimum Gasteiger partial charge on any atom is -0.472 e. The SMILES string of the molecule is Cc1cnc(NC(=O)C2CCN(C(=O)c3ccoc3)CC2)s1. The second-order valence-electron chi connectivity index (χ2n) is 5.34. The number of rotatable bonds is 3. The summed E-state index contributed by atoms with van der Waals surface area (Å²) in [6.45, 7) is 3.12. The van der Waals surface area contributed by atoms with Gasteiger partial charge >= 0.3 is 0 Å². The second-order valence-corrected chi connectivity index (χ2v) is 6.58. The molecule has 116 valence electrons. The standard InChI is InChI=1S/C15H17N3O3S/c1-10-8-16-15(22-10)17-13(19)11-2-5-18(6-3-11)14(20)12-4-7-21-9-12/h4,7-9,11H,2-3,5-6H2,1H3,(H,16,17,19). The van der Waals surface area contributed by atoms with Gasteiger partial charge in [0, 0.05) is 30.1 Å². The highest BCUT2D eigenvalue weighted by atomic mass is 32.1. The van der Waals surface area contributed by atoms with Crippen LogP contribution in [0.3, 0.4) is 0 Å². The number of hydrogen-bond acceptors (Lipinski definition) is 5. The third-order valence-electron chi connectivity index (χ3n) is 3.77. The molecule has 1 aliphatic heterocycles. The molecule has 2 aromatic rings. The van der Waals surface area contributed by atoms with Gasteiger partial charge in [0.05, 0.1) is 11.8 Å². The molecule has 0 aromatic carbocycles. The van der Waals surface area contributed by atoms with Crippen molar-refractivity contribution in [1.29, 1.82) is 0 Å². The molecule has 1 aliphatic rings. The second kappa shape index (κ2) is 6.31. The Hall–Kier alpha value is -2.15. The highest BCUT2D eigenvalue weighted by molar-refractivity contribution is 7.15. The predicted octanol–water partition coefficient (Wildman–Crippen LogP) is 2.54. The van der Waals surface area contributed by atoms with E-state index >= 15 is 0 Å². The maximum atomic E-state index is 12.2. The van der Waals surface area contributed by atoms with Crippen LogP contribution >= 0.6 is 11.3 Å². The van der Waals surface area contributed by atoms with Crippen molar-refractivity contribution in [3.63, 3.8) is 0 Å². The Morgan fingerprint density at radius 3 is 2.77 bits per heavy atom. The van der Waals surface area contributed by atoms with Gasteiger partial charge in [0.15, 0.2) is 5.13 Å². The van der Waals surface area contributed by atoms with E-state index in [0.717, 1.165) is 4.88 Å². The smallest absolute Gasteiger partial charge is 0.257 e. The molecule has 22 heavy (non-hydrogen) atoms. The van der Waals surface area contributed by atoms with Crippen LogP contribution in [0.1, 0.15) is 28.1 Å². The summed E-state index contributed by atoms with van der Waals surface area (Å²) in [5, 5.41) is 3.49. The van der Waals surface area contributed by atoms with Gasteiger partial charge < -0.3 is 14.6 Å². The molecule has 3 heterocycles. The summed E-state index contributed by atoms with van der Waals surface area (Å²) in [7, 11) is 0. The monoisotopic (exact) mass is 319 g/mol. The number of thiazole rings is 1. The van der Waals surface area contributed by atoms with E-state index in [1.54, 1.807) is 17.2 Å². The summed E-state index contributed by atoms with van der Waals surface area (Å²) < 4.78 is 4.94. The summed E-state index contributed by atoms with van der Waals surface area (Å²) in [6.07, 6.45) is 6.02. The van der Waals surface area contributed by atoms with E-state index in [9.17, 15) is 9.59 Å². The first-order chi connectivity index (χ1) is 10.6. The van der Waals surface area contributed by atoms with Crippen LogP contribution < -0.4 is 5.32 Å². The van der Waals surface area contributed by atoms with E-state index in [1.165, 1.54) is 23.9 Å². The maximum Gasteiger partial charge on any atom is 0.257 e. The lowest BCUT2D eigenvalue weighted by atomic mass is 9.95. The molecule has 2 amide bonds. The van der Waals surface area contributed by atoms with Gasteiger partial charge in [-0.1, -0.05) is 0 Å². The Kier molecular flexibility index (Phi) is 4.24. The van der Waals surface area contributed by atoms with Crippen LogP contribution in [0.4, 0.5) is 5.13 Å². The minimum absolute atomic E-state index is 0.00948. The summed E-state index contributed by atoms with van der Waals surface area (Å²) in [6, 6.07) is 1.66. The quantitative estimate of drug-likeness (QED) is 0.943. The number of carbonyl (C=O) groups is 2. The Labute approximate surface area is 132 Å². The summed E-state index contributed by atoms with van der Waals surface area (Å²) >= 11 is 1.47. The summed E-state index contributed by atoms with van der Waals surface area (Å²) in [5.41, 5.74) is 0.557. The molecule has 7 heteroatoms. The van der Waals surface area contributed by atoms with E-state index in [0.29, 0.717) is 36.6 Å². The molecule has 0 unspecified atom stereocenters. The lowest BCUT2D eigenvalue weighted by molar-refractivity contribution is -0.121. The van der Waals surface area contributed by atoms with Crippen molar-refractivity contribution in [3.05, 3.63) is 35.2 Å². The van der Waals surface area contributed by atoms with E-state index < -0.39 is 0 Å². The number of likely N-dealkylation sites (tertiary alicyclic amines) is 1. The number of nitrogens with zero attached hydrogens (tertiary/aromatic N) is 2. The first-order valence-electron chi connectivity index (χ1n) is 7.18. The number of amides is 2. The zero-order valence-electron chi connectivity index (χ0n) is 12.2. The number of aryl methyl sites for hydroxylation is 1. The Bertz CT molecular complexity index is 657. The molecule has 0 radical (unpaired) electrons. The van der Waals surface area contributed by atoms with E-state index in [1.807, 2.05) is 6.92 Å². The van der Waals surface area contributed by atoms with Crippen LogP contribution in [0.2, 0.25) is 0 Å². The molecule has 3 rings (SSSR count). The van der Waals surface area contributed by atoms with Gasteiger partial charge in [-0.15, -0.1) is 11.3 Å². The van der Waals surface area contributed by atoms with Crippen LogP contribution in [0.15, 0.2) is 29.2 Å². The van der Waals surface area contributed by atoms with Crippen molar-refractivity contribution in [2.45, 2.75) is 19.8 Å². The topological polar surface area (TPSA) is 75.4 Å². The average Bonchev–Trinajstić information content (AvgIpc) is 3.18. The van der Waals surface area contributed by atoms with Gasteiger partial charge in [-0.2, -0.15) is 0 Å². The number of nitrogens with one attached hydrogen (secondary N) is 1. The van der Waals surface area contributed by atoms with Crippen LogP contribution in [0.5, 0.6) is 0 Å². The van der Waals surface area contributed by atoms with Crippen molar-refractivity contribution in [2.75, 3.05) is 18.4 Å². The number of aromatic nitrogens is 1. The number of carbonyl (C=O) groups excluding carboxylic acids is 2. The zero-order valence-corrected chi connectivity index (χ0v) is 13.1. The lowest BCUT2D eigenvalue weighted by Crippen LogP contribution is -2.41. The zero-order chi connectivity index (χ0) is 15.5.